The standard InChI is InChI=1S/C16H14F3N3O/c17-12-5-4-11(14(18)15(12)19)16(23)21-10-3-6-13(20-9-10)22-7-1-2-8-22/h3-6,9H,1-2,7-8H2,(H,21,23). The molecule has 0 aliphatic carbocycles. The van der Waals surface area contributed by atoms with Crippen LogP contribution >= 0.6 is 0 Å². The van der Waals surface area contributed by atoms with Gasteiger partial charge in [0.1, 0.15) is 5.82 Å². The van der Waals surface area contributed by atoms with E-state index in [2.05, 4.69) is 15.2 Å². The van der Waals surface area contributed by atoms with Crippen LogP contribution in [0.1, 0.15) is 23.2 Å². The van der Waals surface area contributed by atoms with Gasteiger partial charge in [-0.2, -0.15) is 0 Å². The number of benzene rings is 1. The molecular formula is C16H14F3N3O. The van der Waals surface area contributed by atoms with Crippen molar-refractivity contribution < 1.29 is 18.0 Å². The summed E-state index contributed by atoms with van der Waals surface area (Å²) in [6, 6.07) is 5.00. The van der Waals surface area contributed by atoms with E-state index in [1.165, 1.54) is 6.20 Å². The first-order chi connectivity index (χ1) is 11.1. The molecule has 1 aromatic carbocycles. The van der Waals surface area contributed by atoms with Gasteiger partial charge in [-0.3, -0.25) is 4.79 Å². The Morgan fingerprint density at radius 1 is 1.04 bits per heavy atom. The molecule has 2 aromatic rings. The summed E-state index contributed by atoms with van der Waals surface area (Å²) in [5, 5.41) is 2.41. The topological polar surface area (TPSA) is 45.2 Å². The fourth-order valence-electron chi connectivity index (χ4n) is 2.49. The van der Waals surface area contributed by atoms with Crippen LogP contribution in [0.2, 0.25) is 0 Å². The Labute approximate surface area is 130 Å². The average molecular weight is 321 g/mol. The third-order valence-electron chi connectivity index (χ3n) is 3.72. The van der Waals surface area contributed by atoms with Crippen molar-refractivity contribution in [2.24, 2.45) is 0 Å². The Kier molecular flexibility index (Phi) is 4.18. The first kappa shape index (κ1) is 15.3. The number of hydrogen-bond donors (Lipinski definition) is 1. The van der Waals surface area contributed by atoms with Gasteiger partial charge in [0.05, 0.1) is 17.4 Å². The number of nitrogens with one attached hydrogen (secondary N) is 1. The minimum absolute atomic E-state index is 0.349. The summed E-state index contributed by atoms with van der Waals surface area (Å²) in [6.07, 6.45) is 3.69. The van der Waals surface area contributed by atoms with E-state index in [0.29, 0.717) is 11.8 Å². The SMILES string of the molecule is O=C(Nc1ccc(N2CCCC2)nc1)c1ccc(F)c(F)c1F. The number of nitrogens with zero attached hydrogens (tertiary/aromatic N) is 2. The fourth-order valence-corrected chi connectivity index (χ4v) is 2.49. The number of amides is 1. The highest BCUT2D eigenvalue weighted by Gasteiger charge is 2.19. The highest BCUT2D eigenvalue weighted by molar-refractivity contribution is 6.04. The summed E-state index contributed by atoms with van der Waals surface area (Å²) in [6.45, 7) is 1.89. The van der Waals surface area contributed by atoms with Gasteiger partial charge in [-0.25, -0.2) is 18.2 Å². The molecule has 23 heavy (non-hydrogen) atoms. The second-order valence-corrected chi connectivity index (χ2v) is 5.28. The predicted octanol–water partition coefficient (Wildman–Crippen LogP) is 3.35. The van der Waals surface area contributed by atoms with Crippen molar-refractivity contribution in [3.8, 4) is 0 Å². The first-order valence-electron chi connectivity index (χ1n) is 7.22. The third-order valence-corrected chi connectivity index (χ3v) is 3.72. The van der Waals surface area contributed by atoms with Crippen LogP contribution in [-0.2, 0) is 0 Å². The van der Waals surface area contributed by atoms with E-state index in [1.807, 2.05) is 0 Å². The molecular weight excluding hydrogens is 307 g/mol. The molecule has 1 aromatic heterocycles. The highest BCUT2D eigenvalue weighted by Crippen LogP contribution is 2.20. The molecule has 1 aliphatic rings. The molecule has 1 fully saturated rings. The van der Waals surface area contributed by atoms with Gasteiger partial charge in [0.25, 0.3) is 5.91 Å². The summed E-state index contributed by atoms with van der Waals surface area (Å²) in [7, 11) is 0. The lowest BCUT2D eigenvalue weighted by molar-refractivity contribution is 0.102. The molecule has 1 saturated heterocycles. The van der Waals surface area contributed by atoms with E-state index in [1.54, 1.807) is 12.1 Å². The number of aromatic nitrogens is 1. The molecule has 1 N–H and O–H groups in total. The number of hydrogen-bond acceptors (Lipinski definition) is 3. The molecule has 0 spiro atoms. The molecule has 0 saturated carbocycles. The molecule has 0 bridgehead atoms. The Morgan fingerprint density at radius 2 is 1.78 bits per heavy atom. The number of rotatable bonds is 3. The minimum atomic E-state index is -1.67. The molecule has 3 rings (SSSR count). The van der Waals surface area contributed by atoms with Crippen molar-refractivity contribution in [1.82, 2.24) is 4.98 Å². The maximum absolute atomic E-state index is 13.6. The second-order valence-electron chi connectivity index (χ2n) is 5.28. The third kappa shape index (κ3) is 3.13. The van der Waals surface area contributed by atoms with Crippen LogP contribution in [-0.4, -0.2) is 24.0 Å². The summed E-state index contributed by atoms with van der Waals surface area (Å²) in [5.74, 6) is -4.57. The van der Waals surface area contributed by atoms with Crippen molar-refractivity contribution in [3.63, 3.8) is 0 Å². The zero-order valence-electron chi connectivity index (χ0n) is 12.2. The van der Waals surface area contributed by atoms with Crippen LogP contribution in [0.5, 0.6) is 0 Å². The Morgan fingerprint density at radius 3 is 2.43 bits per heavy atom. The van der Waals surface area contributed by atoms with Gasteiger partial charge >= 0.3 is 0 Å². The highest BCUT2D eigenvalue weighted by atomic mass is 19.2. The maximum atomic E-state index is 13.6. The lowest BCUT2D eigenvalue weighted by atomic mass is 10.2. The summed E-state index contributed by atoms with van der Waals surface area (Å²) in [4.78, 5) is 18.3. The first-order valence-corrected chi connectivity index (χ1v) is 7.22. The van der Waals surface area contributed by atoms with Crippen molar-refractivity contribution in [3.05, 3.63) is 53.5 Å². The van der Waals surface area contributed by atoms with Gasteiger partial charge in [0.2, 0.25) is 0 Å². The minimum Gasteiger partial charge on any atom is -0.357 e. The van der Waals surface area contributed by atoms with Gasteiger partial charge in [-0.05, 0) is 37.1 Å². The van der Waals surface area contributed by atoms with Crippen LogP contribution in [0, 0.1) is 17.5 Å². The van der Waals surface area contributed by atoms with E-state index in [-0.39, 0.29) is 0 Å². The molecule has 1 amide bonds. The van der Waals surface area contributed by atoms with E-state index in [0.717, 1.165) is 37.8 Å². The largest absolute Gasteiger partial charge is 0.357 e. The number of carbonyl (C=O) groups is 1. The molecule has 7 heteroatoms. The zero-order chi connectivity index (χ0) is 16.4. The predicted molar refractivity (Wildman–Crippen MR) is 80.0 cm³/mol. The molecule has 0 unspecified atom stereocenters. The van der Waals surface area contributed by atoms with E-state index >= 15 is 0 Å². The number of pyridine rings is 1. The molecule has 0 atom stereocenters. The van der Waals surface area contributed by atoms with Crippen molar-refractivity contribution in [2.75, 3.05) is 23.3 Å². The monoisotopic (exact) mass is 321 g/mol. The van der Waals surface area contributed by atoms with Gasteiger partial charge in [0.15, 0.2) is 17.5 Å². The lowest BCUT2D eigenvalue weighted by Crippen LogP contribution is -2.19. The van der Waals surface area contributed by atoms with E-state index in [4.69, 9.17) is 0 Å². The quantitative estimate of drug-likeness (QED) is 0.882. The van der Waals surface area contributed by atoms with E-state index < -0.39 is 28.9 Å². The summed E-state index contributed by atoms with van der Waals surface area (Å²) < 4.78 is 39.6. The van der Waals surface area contributed by atoms with Crippen LogP contribution in [0.15, 0.2) is 30.5 Å². The summed E-state index contributed by atoms with van der Waals surface area (Å²) >= 11 is 0. The molecule has 0 radical (unpaired) electrons. The van der Waals surface area contributed by atoms with E-state index in [9.17, 15) is 18.0 Å². The Balaban J connectivity index is 1.74. The number of halogens is 3. The zero-order valence-corrected chi connectivity index (χ0v) is 12.2. The van der Waals surface area contributed by atoms with Crippen molar-refractivity contribution >= 4 is 17.4 Å². The van der Waals surface area contributed by atoms with Crippen LogP contribution in [0.4, 0.5) is 24.7 Å². The second kappa shape index (κ2) is 6.28. The smallest absolute Gasteiger partial charge is 0.258 e. The van der Waals surface area contributed by atoms with Crippen molar-refractivity contribution in [1.29, 1.82) is 0 Å². The van der Waals surface area contributed by atoms with Crippen molar-refractivity contribution in [2.45, 2.75) is 12.8 Å². The number of carbonyl (C=O) groups excluding carboxylic acids is 1. The Hall–Kier alpha value is -2.57. The van der Waals surface area contributed by atoms with Crippen LogP contribution in [0.25, 0.3) is 0 Å². The number of anilines is 2. The lowest BCUT2D eigenvalue weighted by Gasteiger charge is -2.16. The van der Waals surface area contributed by atoms with Gasteiger partial charge < -0.3 is 10.2 Å². The maximum Gasteiger partial charge on any atom is 0.258 e. The van der Waals surface area contributed by atoms with Gasteiger partial charge in [0, 0.05) is 13.1 Å². The molecule has 2 heterocycles. The normalized spacial score (nSPS) is 14.1. The van der Waals surface area contributed by atoms with Crippen LogP contribution in [0.3, 0.4) is 0 Å². The average Bonchev–Trinajstić information content (AvgIpc) is 3.08. The Bertz CT molecular complexity index is 728. The van der Waals surface area contributed by atoms with Gasteiger partial charge in [-0.15, -0.1) is 0 Å². The van der Waals surface area contributed by atoms with Gasteiger partial charge in [-0.1, -0.05) is 0 Å². The van der Waals surface area contributed by atoms with Crippen LogP contribution < -0.4 is 10.2 Å². The summed E-state index contributed by atoms with van der Waals surface area (Å²) in [5.41, 5.74) is -0.213. The fraction of sp³-hybridized carbons (Fsp3) is 0.250. The molecule has 4 nitrogen and oxygen atoms in total. The molecule has 120 valence electrons. The molecule has 1 aliphatic heterocycles.